The van der Waals surface area contributed by atoms with Gasteiger partial charge in [-0.05, 0) is 18.6 Å². The van der Waals surface area contributed by atoms with E-state index in [-0.39, 0.29) is 13.3 Å². The molecule has 1 aliphatic rings. The minimum Gasteiger partial charge on any atom is -0.480 e. The number of aliphatic carboxylic acids is 1. The number of aryl methyl sites for hydroxylation is 1. The molecule has 1 aromatic carbocycles. The van der Waals surface area contributed by atoms with Crippen LogP contribution in [0.2, 0.25) is 0 Å². The zero-order chi connectivity index (χ0) is 13.3. The van der Waals surface area contributed by atoms with Gasteiger partial charge in [0.05, 0.1) is 0 Å². The van der Waals surface area contributed by atoms with E-state index in [1.54, 1.807) is 11.9 Å². The molecular weight excluding hydrogens is 236 g/mol. The van der Waals surface area contributed by atoms with Gasteiger partial charge in [-0.25, -0.2) is 0 Å². The summed E-state index contributed by atoms with van der Waals surface area (Å²) in [5, 5.41) is 8.81. The number of likely N-dealkylation sites (N-methyl/N-ethyl adjacent to an activating group) is 1. The first-order valence-corrected chi connectivity index (χ1v) is 5.59. The van der Waals surface area contributed by atoms with E-state index in [4.69, 9.17) is 20.3 Å². The third kappa shape index (κ3) is 2.33. The molecule has 0 spiro atoms. The number of hydrogen-bond donors (Lipinski definition) is 2. The number of nitrogens with zero attached hydrogens (tertiary/aromatic N) is 1. The number of anilines is 1. The van der Waals surface area contributed by atoms with E-state index in [1.165, 1.54) is 0 Å². The zero-order valence-electron chi connectivity index (χ0n) is 10.3. The molecule has 0 aliphatic carbocycles. The summed E-state index contributed by atoms with van der Waals surface area (Å²) in [6.45, 7) is 2.38. The summed E-state index contributed by atoms with van der Waals surface area (Å²) in [6, 6.07) is 2.80. The molecule has 0 amide bonds. The molecule has 98 valence electrons. The van der Waals surface area contributed by atoms with Crippen molar-refractivity contribution in [3.63, 3.8) is 0 Å². The largest absolute Gasteiger partial charge is 0.480 e. The van der Waals surface area contributed by atoms with Crippen LogP contribution in [0.1, 0.15) is 5.56 Å². The van der Waals surface area contributed by atoms with E-state index in [0.29, 0.717) is 11.5 Å². The molecule has 3 N–H and O–H groups in total. The molecule has 2 rings (SSSR count). The van der Waals surface area contributed by atoms with Crippen molar-refractivity contribution in [3.8, 4) is 11.5 Å². The molecule has 18 heavy (non-hydrogen) atoms. The van der Waals surface area contributed by atoms with Gasteiger partial charge in [0.25, 0.3) is 0 Å². The van der Waals surface area contributed by atoms with Gasteiger partial charge in [0.1, 0.15) is 6.04 Å². The first kappa shape index (κ1) is 12.5. The molecule has 1 atom stereocenters. The Balaban J connectivity index is 2.20. The van der Waals surface area contributed by atoms with Crippen molar-refractivity contribution < 1.29 is 19.4 Å². The Bertz CT molecular complexity index is 475. The van der Waals surface area contributed by atoms with E-state index in [2.05, 4.69) is 0 Å². The van der Waals surface area contributed by atoms with E-state index in [1.807, 2.05) is 19.1 Å². The van der Waals surface area contributed by atoms with Crippen molar-refractivity contribution in [2.75, 3.05) is 25.3 Å². The fraction of sp³-hybridized carbons (Fsp3) is 0.417. The predicted octanol–water partition coefficient (Wildman–Crippen LogP) is 0.572. The van der Waals surface area contributed by atoms with Gasteiger partial charge >= 0.3 is 5.97 Å². The minimum absolute atomic E-state index is 0.219. The maximum absolute atomic E-state index is 10.7. The van der Waals surface area contributed by atoms with Crippen molar-refractivity contribution in [1.82, 2.24) is 0 Å². The molecule has 1 unspecified atom stereocenters. The van der Waals surface area contributed by atoms with Crippen LogP contribution in [0.15, 0.2) is 12.1 Å². The van der Waals surface area contributed by atoms with Crippen LogP contribution < -0.4 is 20.1 Å². The van der Waals surface area contributed by atoms with E-state index < -0.39 is 12.0 Å². The van der Waals surface area contributed by atoms with E-state index in [0.717, 1.165) is 11.3 Å². The molecule has 6 nitrogen and oxygen atoms in total. The second kappa shape index (κ2) is 4.73. The highest BCUT2D eigenvalue weighted by molar-refractivity contribution is 5.74. The highest BCUT2D eigenvalue weighted by Gasteiger charge is 2.20. The smallest absolute Gasteiger partial charge is 0.322 e. The Kier molecular flexibility index (Phi) is 3.29. The maximum Gasteiger partial charge on any atom is 0.322 e. The molecule has 0 saturated heterocycles. The Morgan fingerprint density at radius 3 is 2.72 bits per heavy atom. The lowest BCUT2D eigenvalue weighted by atomic mass is 10.1. The van der Waals surface area contributed by atoms with Crippen LogP contribution in [0.3, 0.4) is 0 Å². The number of nitrogens with two attached hydrogens (primary N) is 1. The molecule has 1 heterocycles. The van der Waals surface area contributed by atoms with E-state index >= 15 is 0 Å². The summed E-state index contributed by atoms with van der Waals surface area (Å²) in [5.74, 6) is 0.374. The number of carbonyl (C=O) groups is 1. The highest BCUT2D eigenvalue weighted by atomic mass is 16.7. The molecule has 1 aromatic rings. The fourth-order valence-corrected chi connectivity index (χ4v) is 1.92. The van der Waals surface area contributed by atoms with Gasteiger partial charge in [0.15, 0.2) is 11.5 Å². The van der Waals surface area contributed by atoms with Crippen molar-refractivity contribution in [3.05, 3.63) is 17.7 Å². The van der Waals surface area contributed by atoms with Crippen LogP contribution in [0, 0.1) is 6.92 Å². The topological polar surface area (TPSA) is 85.0 Å². The maximum atomic E-state index is 10.7. The van der Waals surface area contributed by atoms with Crippen LogP contribution in [-0.2, 0) is 4.79 Å². The standard InChI is InChI=1S/C12H16N2O4/c1-7-3-10-11(18-6-17-10)4-9(7)14(2)5-8(13)12(15)16/h3-4,8H,5-6,13H2,1-2H3,(H,15,16). The van der Waals surface area contributed by atoms with Crippen molar-refractivity contribution in [2.45, 2.75) is 13.0 Å². The highest BCUT2D eigenvalue weighted by Crippen LogP contribution is 2.37. The molecule has 0 saturated carbocycles. The third-order valence-electron chi connectivity index (χ3n) is 2.89. The average molecular weight is 252 g/mol. The lowest BCUT2D eigenvalue weighted by molar-refractivity contribution is -0.138. The Morgan fingerprint density at radius 1 is 1.50 bits per heavy atom. The fourth-order valence-electron chi connectivity index (χ4n) is 1.92. The minimum atomic E-state index is -1.01. The first-order valence-electron chi connectivity index (χ1n) is 5.59. The first-order chi connectivity index (χ1) is 8.49. The summed E-state index contributed by atoms with van der Waals surface area (Å²) in [5.41, 5.74) is 7.39. The van der Waals surface area contributed by atoms with Gasteiger partial charge in [-0.1, -0.05) is 0 Å². The van der Waals surface area contributed by atoms with Gasteiger partial charge in [0, 0.05) is 25.3 Å². The van der Waals surface area contributed by atoms with Gasteiger partial charge in [-0.3, -0.25) is 4.79 Å². The Hall–Kier alpha value is -1.95. The number of rotatable bonds is 4. The van der Waals surface area contributed by atoms with Crippen LogP contribution >= 0.6 is 0 Å². The van der Waals surface area contributed by atoms with Gasteiger partial charge in [-0.15, -0.1) is 0 Å². The zero-order valence-corrected chi connectivity index (χ0v) is 10.3. The number of fused-ring (bicyclic) bond motifs is 1. The quantitative estimate of drug-likeness (QED) is 0.815. The van der Waals surface area contributed by atoms with Crippen molar-refractivity contribution in [2.24, 2.45) is 5.73 Å². The summed E-state index contributed by atoms with van der Waals surface area (Å²) in [7, 11) is 1.80. The van der Waals surface area contributed by atoms with Crippen molar-refractivity contribution >= 4 is 11.7 Å². The monoisotopic (exact) mass is 252 g/mol. The molecule has 0 bridgehead atoms. The lowest BCUT2D eigenvalue weighted by Crippen LogP contribution is -2.41. The Morgan fingerprint density at radius 2 is 2.11 bits per heavy atom. The summed E-state index contributed by atoms with van der Waals surface area (Å²) < 4.78 is 10.6. The summed E-state index contributed by atoms with van der Waals surface area (Å²) >= 11 is 0. The molecule has 0 radical (unpaired) electrons. The molecule has 6 heteroatoms. The lowest BCUT2D eigenvalue weighted by Gasteiger charge is -2.23. The number of carboxylic acids is 1. The van der Waals surface area contributed by atoms with E-state index in [9.17, 15) is 4.79 Å². The number of benzene rings is 1. The number of hydrogen-bond acceptors (Lipinski definition) is 5. The van der Waals surface area contributed by atoms with Crippen LogP contribution in [0.4, 0.5) is 5.69 Å². The normalized spacial score (nSPS) is 14.4. The average Bonchev–Trinajstić information content (AvgIpc) is 2.74. The third-order valence-corrected chi connectivity index (χ3v) is 2.89. The summed E-state index contributed by atoms with van der Waals surface area (Å²) in [6.07, 6.45) is 0. The van der Waals surface area contributed by atoms with Gasteiger partial charge in [0.2, 0.25) is 6.79 Å². The van der Waals surface area contributed by atoms with Crippen LogP contribution in [0.5, 0.6) is 11.5 Å². The number of carboxylic acid groups (broad SMARTS) is 1. The Labute approximate surface area is 105 Å². The van der Waals surface area contributed by atoms with Crippen LogP contribution in [-0.4, -0.2) is 37.5 Å². The van der Waals surface area contributed by atoms with Gasteiger partial charge < -0.3 is 25.2 Å². The molecule has 1 aliphatic heterocycles. The second-order valence-electron chi connectivity index (χ2n) is 4.32. The summed E-state index contributed by atoms with van der Waals surface area (Å²) in [4.78, 5) is 12.5. The number of ether oxygens (including phenoxy) is 2. The van der Waals surface area contributed by atoms with Gasteiger partial charge in [-0.2, -0.15) is 0 Å². The predicted molar refractivity (Wildman–Crippen MR) is 66.2 cm³/mol. The van der Waals surface area contributed by atoms with Crippen LogP contribution in [0.25, 0.3) is 0 Å². The van der Waals surface area contributed by atoms with Crippen molar-refractivity contribution in [1.29, 1.82) is 0 Å². The SMILES string of the molecule is Cc1cc2c(cc1N(C)CC(N)C(=O)O)OCO2. The molecule has 0 aromatic heterocycles. The second-order valence-corrected chi connectivity index (χ2v) is 4.32. The molecular formula is C12H16N2O4. The molecule has 0 fully saturated rings.